The Balaban J connectivity index is 0.000000158. The molecule has 1 aromatic carbocycles. The molecule has 3 aliphatic rings. The lowest BCUT2D eigenvalue weighted by molar-refractivity contribution is -0.146. The molecular formula is C25H31N5O2. The predicted octanol–water partition coefficient (Wildman–Crippen LogP) is 2.69. The molecular weight excluding hydrogens is 402 g/mol. The van der Waals surface area contributed by atoms with Crippen molar-refractivity contribution in [1.29, 1.82) is 5.26 Å². The van der Waals surface area contributed by atoms with E-state index in [-0.39, 0.29) is 22.7 Å². The maximum atomic E-state index is 12.2. The summed E-state index contributed by atoms with van der Waals surface area (Å²) < 4.78 is 1.75. The van der Waals surface area contributed by atoms with Crippen molar-refractivity contribution >= 4 is 12.2 Å². The van der Waals surface area contributed by atoms with Crippen LogP contribution in [-0.2, 0) is 11.3 Å². The van der Waals surface area contributed by atoms with Crippen molar-refractivity contribution in [3.8, 4) is 6.07 Å². The fourth-order valence-corrected chi connectivity index (χ4v) is 4.99. The number of benzene rings is 1. The lowest BCUT2D eigenvalue weighted by atomic mass is 9.72. The topological polar surface area (TPSA) is 82.2 Å². The van der Waals surface area contributed by atoms with E-state index in [0.29, 0.717) is 18.0 Å². The number of nitrogens with zero attached hydrogens (tertiary/aromatic N) is 5. The Bertz CT molecular complexity index is 1020. The number of carbonyl (C=O) groups excluding carboxylic acids is 2. The second-order valence-electron chi connectivity index (χ2n) is 10.3. The van der Waals surface area contributed by atoms with Gasteiger partial charge in [0, 0.05) is 43.7 Å². The minimum Gasteiger partial charge on any atom is -0.341 e. The maximum Gasteiger partial charge on any atom is 0.226 e. The Kier molecular flexibility index (Phi) is 5.91. The van der Waals surface area contributed by atoms with Gasteiger partial charge in [0.2, 0.25) is 5.91 Å². The molecule has 7 nitrogen and oxygen atoms in total. The molecule has 0 bridgehead atoms. The van der Waals surface area contributed by atoms with E-state index in [1.165, 1.54) is 5.56 Å². The molecule has 1 amide bonds. The van der Waals surface area contributed by atoms with Crippen molar-refractivity contribution in [2.24, 2.45) is 22.7 Å². The third-order valence-electron chi connectivity index (χ3n) is 7.09. The van der Waals surface area contributed by atoms with Crippen molar-refractivity contribution in [2.45, 2.75) is 26.8 Å². The maximum absolute atomic E-state index is 12.2. The summed E-state index contributed by atoms with van der Waals surface area (Å²) in [6.07, 6.45) is 5.13. The highest BCUT2D eigenvalue weighted by molar-refractivity contribution is 5.83. The molecule has 7 heteroatoms. The highest BCUT2D eigenvalue weighted by atomic mass is 16.2. The van der Waals surface area contributed by atoms with Gasteiger partial charge in [-0.3, -0.25) is 14.3 Å². The summed E-state index contributed by atoms with van der Waals surface area (Å²) in [5.41, 5.74) is 2.06. The zero-order valence-electron chi connectivity index (χ0n) is 19.1. The third-order valence-corrected chi connectivity index (χ3v) is 7.09. The average Bonchev–Trinajstić information content (AvgIpc) is 3.07. The monoisotopic (exact) mass is 433 g/mol. The second kappa shape index (κ2) is 8.51. The van der Waals surface area contributed by atoms with Crippen LogP contribution in [0.25, 0.3) is 0 Å². The predicted molar refractivity (Wildman–Crippen MR) is 121 cm³/mol. The van der Waals surface area contributed by atoms with E-state index in [1.807, 2.05) is 35.2 Å². The Morgan fingerprint density at radius 2 is 1.94 bits per heavy atom. The van der Waals surface area contributed by atoms with Crippen LogP contribution in [0.1, 0.15) is 36.2 Å². The molecule has 1 aliphatic carbocycles. The zero-order valence-corrected chi connectivity index (χ0v) is 19.1. The highest BCUT2D eigenvalue weighted by Gasteiger charge is 2.59. The average molecular weight is 434 g/mol. The number of hydrogen-bond acceptors (Lipinski definition) is 5. The normalized spacial score (nSPS) is 24.8. The number of carbonyl (C=O) groups is 2. The van der Waals surface area contributed by atoms with Crippen LogP contribution in [0.3, 0.4) is 0 Å². The Hall–Kier alpha value is -2.98. The summed E-state index contributed by atoms with van der Waals surface area (Å²) in [7, 11) is 2.06. The standard InChI is InChI=1S/C14H21N3O.C11H10N2O/c1-13(2)4-11(13)12(18)17-8-14(9-17)7-16(3)6-10(14)5-15;14-9-11-6-12-13(8-11)7-10-4-2-1-3-5-10/h10-11H,4,6-9H2,1-3H3;1-6,8-9H,7H2. The molecule has 1 saturated carbocycles. The van der Waals surface area contributed by atoms with Crippen LogP contribution in [-0.4, -0.2) is 65.0 Å². The molecule has 3 heterocycles. The number of aldehydes is 1. The van der Waals surface area contributed by atoms with Gasteiger partial charge in [0.25, 0.3) is 0 Å². The van der Waals surface area contributed by atoms with Gasteiger partial charge in [0.15, 0.2) is 6.29 Å². The minimum atomic E-state index is 0.0677. The van der Waals surface area contributed by atoms with E-state index < -0.39 is 0 Å². The fourth-order valence-electron chi connectivity index (χ4n) is 4.99. The van der Waals surface area contributed by atoms with Crippen LogP contribution in [0.5, 0.6) is 0 Å². The van der Waals surface area contributed by atoms with Gasteiger partial charge in [0.1, 0.15) is 0 Å². The van der Waals surface area contributed by atoms with Crippen molar-refractivity contribution in [2.75, 3.05) is 33.2 Å². The summed E-state index contributed by atoms with van der Waals surface area (Å²) in [6, 6.07) is 12.4. The summed E-state index contributed by atoms with van der Waals surface area (Å²) >= 11 is 0. The molecule has 2 unspecified atom stereocenters. The van der Waals surface area contributed by atoms with Crippen LogP contribution in [0.15, 0.2) is 42.7 Å². The van der Waals surface area contributed by atoms with Crippen LogP contribution >= 0.6 is 0 Å². The molecule has 2 saturated heterocycles. The van der Waals surface area contributed by atoms with Crippen molar-refractivity contribution in [3.05, 3.63) is 53.9 Å². The van der Waals surface area contributed by atoms with Gasteiger partial charge < -0.3 is 9.80 Å². The third kappa shape index (κ3) is 4.46. The molecule has 1 spiro atoms. The Morgan fingerprint density at radius 1 is 1.25 bits per heavy atom. The number of amides is 1. The van der Waals surface area contributed by atoms with E-state index in [0.717, 1.165) is 38.9 Å². The molecule has 2 aliphatic heterocycles. The van der Waals surface area contributed by atoms with E-state index in [4.69, 9.17) is 0 Å². The second-order valence-corrected chi connectivity index (χ2v) is 10.3. The smallest absolute Gasteiger partial charge is 0.226 e. The molecule has 2 aromatic rings. The molecule has 32 heavy (non-hydrogen) atoms. The summed E-state index contributed by atoms with van der Waals surface area (Å²) in [5, 5.41) is 13.3. The molecule has 0 radical (unpaired) electrons. The molecule has 2 atom stereocenters. The number of likely N-dealkylation sites (tertiary alicyclic amines) is 2. The molecule has 0 N–H and O–H groups in total. The molecule has 1 aromatic heterocycles. The van der Waals surface area contributed by atoms with Crippen LogP contribution < -0.4 is 0 Å². The first-order valence-corrected chi connectivity index (χ1v) is 11.1. The summed E-state index contributed by atoms with van der Waals surface area (Å²) in [4.78, 5) is 26.9. The number of hydrogen-bond donors (Lipinski definition) is 0. The fraction of sp³-hybridized carbons (Fsp3) is 0.520. The van der Waals surface area contributed by atoms with Crippen LogP contribution in [0.4, 0.5) is 0 Å². The Labute approximate surface area is 189 Å². The van der Waals surface area contributed by atoms with Crippen LogP contribution in [0, 0.1) is 34.0 Å². The largest absolute Gasteiger partial charge is 0.341 e. The first-order chi connectivity index (χ1) is 15.3. The van der Waals surface area contributed by atoms with Gasteiger partial charge in [-0.2, -0.15) is 10.4 Å². The molecule has 3 fully saturated rings. The van der Waals surface area contributed by atoms with E-state index in [2.05, 4.69) is 37.0 Å². The minimum absolute atomic E-state index is 0.0677. The van der Waals surface area contributed by atoms with Gasteiger partial charge in [0.05, 0.1) is 30.3 Å². The number of rotatable bonds is 4. The van der Waals surface area contributed by atoms with Crippen molar-refractivity contribution in [3.63, 3.8) is 0 Å². The molecule has 5 rings (SSSR count). The zero-order chi connectivity index (χ0) is 22.9. The number of nitriles is 1. The van der Waals surface area contributed by atoms with Gasteiger partial charge in [-0.05, 0) is 24.4 Å². The number of aromatic nitrogens is 2. The summed E-state index contributed by atoms with van der Waals surface area (Å²) in [5.74, 6) is 0.644. The van der Waals surface area contributed by atoms with Crippen molar-refractivity contribution < 1.29 is 9.59 Å². The van der Waals surface area contributed by atoms with E-state index >= 15 is 0 Å². The highest BCUT2D eigenvalue weighted by Crippen LogP contribution is 2.54. The lowest BCUT2D eigenvalue weighted by Gasteiger charge is -2.49. The Morgan fingerprint density at radius 3 is 2.50 bits per heavy atom. The van der Waals surface area contributed by atoms with Crippen LogP contribution in [0.2, 0.25) is 0 Å². The first-order valence-electron chi connectivity index (χ1n) is 11.1. The van der Waals surface area contributed by atoms with Gasteiger partial charge >= 0.3 is 0 Å². The van der Waals surface area contributed by atoms with E-state index in [1.54, 1.807) is 17.1 Å². The quantitative estimate of drug-likeness (QED) is 0.693. The first kappa shape index (κ1) is 22.2. The summed E-state index contributed by atoms with van der Waals surface area (Å²) in [6.45, 7) is 8.42. The van der Waals surface area contributed by atoms with E-state index in [9.17, 15) is 14.9 Å². The van der Waals surface area contributed by atoms with Gasteiger partial charge in [-0.15, -0.1) is 0 Å². The van der Waals surface area contributed by atoms with Gasteiger partial charge in [-0.1, -0.05) is 44.2 Å². The SMILES string of the molecule is CN1CC(C#N)C2(C1)CN(C(=O)C1CC1(C)C)C2.O=Cc1cnn(Cc2ccccc2)c1. The van der Waals surface area contributed by atoms with Crippen molar-refractivity contribution in [1.82, 2.24) is 19.6 Å². The molecule has 168 valence electrons. The van der Waals surface area contributed by atoms with Gasteiger partial charge in [-0.25, -0.2) is 0 Å². The lowest BCUT2D eigenvalue weighted by Crippen LogP contribution is -2.62.